The maximum atomic E-state index is 11.4. The van der Waals surface area contributed by atoms with Gasteiger partial charge in [0.15, 0.2) is 0 Å². The van der Waals surface area contributed by atoms with Gasteiger partial charge in [0, 0.05) is 29.2 Å². The average molecular weight is 268 g/mol. The molecular formula is C12H14BrNO. The number of carbonyl (C=O) groups excluding carboxylic acids is 1. The van der Waals surface area contributed by atoms with E-state index in [1.54, 1.807) is 6.20 Å². The van der Waals surface area contributed by atoms with Crippen LogP contribution >= 0.6 is 15.9 Å². The molecule has 3 heteroatoms. The molecule has 0 atom stereocenters. The molecule has 0 saturated heterocycles. The number of carbonyl (C=O) groups is 1. The van der Waals surface area contributed by atoms with E-state index >= 15 is 0 Å². The minimum atomic E-state index is 0.408. The molecule has 1 aromatic heterocycles. The summed E-state index contributed by atoms with van der Waals surface area (Å²) in [5, 5.41) is 0. The van der Waals surface area contributed by atoms with Crippen LogP contribution in [0.15, 0.2) is 22.9 Å². The number of hydrogen-bond donors (Lipinski definition) is 0. The highest BCUT2D eigenvalue weighted by atomic mass is 79.9. The van der Waals surface area contributed by atoms with Gasteiger partial charge in [-0.05, 0) is 53.2 Å². The Bertz CT molecular complexity index is 360. The molecule has 1 heterocycles. The Morgan fingerprint density at radius 1 is 1.47 bits per heavy atom. The summed E-state index contributed by atoms with van der Waals surface area (Å²) in [4.78, 5) is 15.5. The third-order valence-electron chi connectivity index (χ3n) is 2.68. The number of ketones is 1. The van der Waals surface area contributed by atoms with Crippen LogP contribution in [0.4, 0.5) is 0 Å². The van der Waals surface area contributed by atoms with Crippen molar-refractivity contribution in [1.82, 2.24) is 4.98 Å². The second-order valence-corrected chi connectivity index (χ2v) is 5.02. The van der Waals surface area contributed by atoms with Crippen LogP contribution in [-0.2, 0) is 11.2 Å². The molecule has 0 N–H and O–H groups in total. The molecule has 1 saturated carbocycles. The summed E-state index contributed by atoms with van der Waals surface area (Å²) < 4.78 is 1.01. The summed E-state index contributed by atoms with van der Waals surface area (Å²) >= 11 is 3.39. The first-order valence-electron chi connectivity index (χ1n) is 5.38. The zero-order valence-corrected chi connectivity index (χ0v) is 10.2. The SMILES string of the molecule is O=C(CCCc1cncc(Br)c1)C1CC1. The lowest BCUT2D eigenvalue weighted by Gasteiger charge is -2.00. The van der Waals surface area contributed by atoms with E-state index in [1.807, 2.05) is 6.20 Å². The zero-order valence-electron chi connectivity index (χ0n) is 8.58. The quantitative estimate of drug-likeness (QED) is 0.821. The van der Waals surface area contributed by atoms with Gasteiger partial charge in [-0.25, -0.2) is 0 Å². The average Bonchev–Trinajstić information content (AvgIpc) is 3.00. The van der Waals surface area contributed by atoms with Crippen molar-refractivity contribution in [2.75, 3.05) is 0 Å². The van der Waals surface area contributed by atoms with Crippen LogP contribution in [0, 0.1) is 5.92 Å². The molecule has 1 aliphatic carbocycles. The predicted molar refractivity (Wildman–Crippen MR) is 62.6 cm³/mol. The van der Waals surface area contributed by atoms with Crippen molar-refractivity contribution in [3.63, 3.8) is 0 Å². The first-order valence-corrected chi connectivity index (χ1v) is 6.17. The Kier molecular flexibility index (Phi) is 3.52. The normalized spacial score (nSPS) is 15.3. The number of aromatic nitrogens is 1. The van der Waals surface area contributed by atoms with Crippen LogP contribution in [-0.4, -0.2) is 10.8 Å². The lowest BCUT2D eigenvalue weighted by atomic mass is 10.1. The molecule has 1 aromatic rings. The molecule has 0 aromatic carbocycles. The fourth-order valence-electron chi connectivity index (χ4n) is 1.67. The summed E-state index contributed by atoms with van der Waals surface area (Å²) in [6, 6.07) is 2.06. The lowest BCUT2D eigenvalue weighted by Crippen LogP contribution is -2.00. The number of rotatable bonds is 5. The van der Waals surface area contributed by atoms with Gasteiger partial charge in [0.05, 0.1) is 0 Å². The molecule has 0 radical (unpaired) electrons. The third-order valence-corrected chi connectivity index (χ3v) is 3.12. The molecular weight excluding hydrogens is 254 g/mol. The number of aryl methyl sites for hydroxylation is 1. The van der Waals surface area contributed by atoms with Gasteiger partial charge in [-0.15, -0.1) is 0 Å². The van der Waals surface area contributed by atoms with Crippen LogP contribution in [0.1, 0.15) is 31.2 Å². The maximum absolute atomic E-state index is 11.4. The highest BCUT2D eigenvalue weighted by Crippen LogP contribution is 2.31. The maximum Gasteiger partial charge on any atom is 0.135 e. The molecule has 2 rings (SSSR count). The van der Waals surface area contributed by atoms with Crippen molar-refractivity contribution in [2.45, 2.75) is 32.1 Å². The van der Waals surface area contributed by atoms with Gasteiger partial charge in [0.2, 0.25) is 0 Å². The highest BCUT2D eigenvalue weighted by molar-refractivity contribution is 9.10. The highest BCUT2D eigenvalue weighted by Gasteiger charge is 2.28. The second kappa shape index (κ2) is 4.88. The summed E-state index contributed by atoms with van der Waals surface area (Å²) in [6.07, 6.45) is 8.52. The van der Waals surface area contributed by atoms with Crippen molar-refractivity contribution in [3.8, 4) is 0 Å². The number of pyridine rings is 1. The molecule has 15 heavy (non-hydrogen) atoms. The van der Waals surface area contributed by atoms with Gasteiger partial charge in [-0.3, -0.25) is 9.78 Å². The van der Waals surface area contributed by atoms with E-state index in [0.29, 0.717) is 11.7 Å². The van der Waals surface area contributed by atoms with Crippen LogP contribution < -0.4 is 0 Å². The Hall–Kier alpha value is -0.700. The van der Waals surface area contributed by atoms with E-state index in [4.69, 9.17) is 0 Å². The molecule has 2 nitrogen and oxygen atoms in total. The third kappa shape index (κ3) is 3.42. The van der Waals surface area contributed by atoms with E-state index in [2.05, 4.69) is 27.0 Å². The Morgan fingerprint density at radius 3 is 2.93 bits per heavy atom. The standard InChI is InChI=1S/C12H14BrNO/c13-11-6-9(7-14-8-11)2-1-3-12(15)10-4-5-10/h6-8,10H,1-5H2. The molecule has 0 unspecified atom stereocenters. The van der Waals surface area contributed by atoms with Crippen LogP contribution in [0.5, 0.6) is 0 Å². The van der Waals surface area contributed by atoms with Gasteiger partial charge in [-0.1, -0.05) is 0 Å². The van der Waals surface area contributed by atoms with Crippen molar-refractivity contribution < 1.29 is 4.79 Å². The van der Waals surface area contributed by atoms with Crippen molar-refractivity contribution in [2.24, 2.45) is 5.92 Å². The summed E-state index contributed by atoms with van der Waals surface area (Å²) in [7, 11) is 0. The zero-order chi connectivity index (χ0) is 10.7. The Balaban J connectivity index is 1.75. The number of halogens is 1. The fourth-order valence-corrected chi connectivity index (χ4v) is 2.08. The van der Waals surface area contributed by atoms with Gasteiger partial charge in [-0.2, -0.15) is 0 Å². The minimum absolute atomic E-state index is 0.408. The molecule has 1 fully saturated rings. The van der Waals surface area contributed by atoms with Crippen molar-refractivity contribution >= 4 is 21.7 Å². The predicted octanol–water partition coefficient (Wildman–Crippen LogP) is 3.15. The fraction of sp³-hybridized carbons (Fsp3) is 0.500. The van der Waals surface area contributed by atoms with Crippen LogP contribution in [0.25, 0.3) is 0 Å². The molecule has 0 bridgehead atoms. The van der Waals surface area contributed by atoms with Crippen LogP contribution in [0.3, 0.4) is 0 Å². The van der Waals surface area contributed by atoms with Gasteiger partial charge in [0.25, 0.3) is 0 Å². The molecule has 0 aliphatic heterocycles. The largest absolute Gasteiger partial charge is 0.299 e. The van der Waals surface area contributed by atoms with Gasteiger partial charge >= 0.3 is 0 Å². The van der Waals surface area contributed by atoms with E-state index in [0.717, 1.165) is 36.6 Å². The monoisotopic (exact) mass is 267 g/mol. The molecule has 0 spiro atoms. The second-order valence-electron chi connectivity index (χ2n) is 4.11. The Labute approximate surface area is 98.2 Å². The summed E-state index contributed by atoms with van der Waals surface area (Å²) in [5.74, 6) is 0.864. The molecule has 80 valence electrons. The smallest absolute Gasteiger partial charge is 0.135 e. The van der Waals surface area contributed by atoms with Gasteiger partial charge < -0.3 is 0 Å². The van der Waals surface area contributed by atoms with Gasteiger partial charge in [0.1, 0.15) is 5.78 Å². The summed E-state index contributed by atoms with van der Waals surface area (Å²) in [6.45, 7) is 0. The number of Topliss-reactive ketones (excluding diaryl/α,β-unsaturated/α-hetero) is 1. The van der Waals surface area contributed by atoms with E-state index in [9.17, 15) is 4.79 Å². The van der Waals surface area contributed by atoms with Crippen LogP contribution in [0.2, 0.25) is 0 Å². The number of hydrogen-bond acceptors (Lipinski definition) is 2. The van der Waals surface area contributed by atoms with Crippen molar-refractivity contribution in [1.29, 1.82) is 0 Å². The molecule has 0 amide bonds. The minimum Gasteiger partial charge on any atom is -0.299 e. The lowest BCUT2D eigenvalue weighted by molar-refractivity contribution is -0.120. The Morgan fingerprint density at radius 2 is 2.27 bits per heavy atom. The number of nitrogens with zero attached hydrogens (tertiary/aromatic N) is 1. The first-order chi connectivity index (χ1) is 7.25. The van der Waals surface area contributed by atoms with E-state index < -0.39 is 0 Å². The first kappa shape index (κ1) is 10.8. The summed E-state index contributed by atoms with van der Waals surface area (Å²) in [5.41, 5.74) is 1.20. The van der Waals surface area contributed by atoms with E-state index in [1.165, 1.54) is 5.56 Å². The molecule has 1 aliphatic rings. The topological polar surface area (TPSA) is 30.0 Å². The van der Waals surface area contributed by atoms with Crippen molar-refractivity contribution in [3.05, 3.63) is 28.5 Å². The van der Waals surface area contributed by atoms with E-state index in [-0.39, 0.29) is 0 Å².